The third-order valence-electron chi connectivity index (χ3n) is 14.8. The average Bonchev–Trinajstić information content (AvgIpc) is 3.74. The van der Waals surface area contributed by atoms with Gasteiger partial charge in [-0.15, -0.1) is 0 Å². The van der Waals surface area contributed by atoms with Gasteiger partial charge in [0.05, 0.1) is 35.0 Å². The van der Waals surface area contributed by atoms with Crippen LogP contribution in [0, 0.1) is 33.5 Å². The first-order valence-electron chi connectivity index (χ1n) is 19.4. The number of allylic oxidation sites excluding steroid dienone is 4. The van der Waals surface area contributed by atoms with Gasteiger partial charge in [0.2, 0.25) is 5.78 Å². The van der Waals surface area contributed by atoms with Crippen LogP contribution in [-0.2, 0) is 12.7 Å². The minimum absolute atomic E-state index is 0.00849. The van der Waals surface area contributed by atoms with Gasteiger partial charge in [-0.2, -0.15) is 13.2 Å². The fourth-order valence-electron chi connectivity index (χ4n) is 12.0. The Balaban J connectivity index is 1.19. The normalized spacial score (nSPS) is 35.6. The van der Waals surface area contributed by atoms with Crippen LogP contribution in [0.4, 0.5) is 13.2 Å². The Kier molecular flexibility index (Phi) is 9.42. The van der Waals surface area contributed by atoms with E-state index < -0.39 is 52.4 Å². The van der Waals surface area contributed by atoms with Crippen molar-refractivity contribution in [3.05, 3.63) is 106 Å². The van der Waals surface area contributed by atoms with Crippen molar-refractivity contribution < 1.29 is 42.8 Å². The van der Waals surface area contributed by atoms with E-state index in [0.717, 1.165) is 30.5 Å². The number of hydrogen-bond acceptors (Lipinski definition) is 7. The molecule has 6 aliphatic carbocycles. The highest BCUT2D eigenvalue weighted by atomic mass is 35.5. The Morgan fingerprint density at radius 1 is 0.982 bits per heavy atom. The maximum absolute atomic E-state index is 15.0. The Bertz CT molecular complexity index is 2030. The van der Waals surface area contributed by atoms with Crippen LogP contribution in [0.2, 0.25) is 5.02 Å². The molecule has 1 aromatic heterocycles. The number of furan rings is 1. The number of Topliss-reactive ketones (excluding diaryl/α,β-unsaturated/α-hetero) is 1. The molecule has 55 heavy (non-hydrogen) atoms. The summed E-state index contributed by atoms with van der Waals surface area (Å²) in [5.41, 5.74) is -2.77. The first kappa shape index (κ1) is 38.6. The number of ketones is 1. The molecule has 0 radical (unpaired) electrons. The van der Waals surface area contributed by atoms with Crippen LogP contribution in [0.1, 0.15) is 80.5 Å². The molecule has 3 saturated carbocycles. The van der Waals surface area contributed by atoms with Gasteiger partial charge in [0.25, 0.3) is 0 Å². The molecule has 6 aliphatic rings. The predicted molar refractivity (Wildman–Crippen MR) is 202 cm³/mol. The van der Waals surface area contributed by atoms with Crippen molar-refractivity contribution in [2.75, 3.05) is 19.7 Å². The van der Waals surface area contributed by atoms with Gasteiger partial charge >= 0.3 is 6.18 Å². The van der Waals surface area contributed by atoms with Crippen LogP contribution in [0.25, 0.3) is 11.3 Å². The number of rotatable bonds is 10. The summed E-state index contributed by atoms with van der Waals surface area (Å²) in [6.45, 7) is 4.93. The zero-order chi connectivity index (χ0) is 39.2. The minimum Gasteiger partial charge on any atom is -0.453 e. The number of fused-ring (bicyclic) bond motifs is 1. The number of carbonyl (C=O) groups excluding carboxylic acids is 1. The first-order valence-corrected chi connectivity index (χ1v) is 19.8. The van der Waals surface area contributed by atoms with Crippen molar-refractivity contribution in [2.45, 2.75) is 89.3 Å². The molecule has 11 heteroatoms. The van der Waals surface area contributed by atoms with Gasteiger partial charge in [0.1, 0.15) is 5.76 Å². The molecule has 2 spiro atoms. The monoisotopic (exact) mass is 779 g/mol. The Morgan fingerprint density at radius 3 is 2.42 bits per heavy atom. The van der Waals surface area contributed by atoms with Crippen LogP contribution < -0.4 is 0 Å². The number of carbonyl (C=O) groups is 1. The third-order valence-corrected chi connectivity index (χ3v) is 15.1. The van der Waals surface area contributed by atoms with E-state index in [0.29, 0.717) is 44.2 Å². The number of hydrogen-bond donors (Lipinski definition) is 4. The molecule has 7 nitrogen and oxygen atoms in total. The van der Waals surface area contributed by atoms with Gasteiger partial charge in [0.15, 0.2) is 5.76 Å². The molecule has 1 heterocycles. The quantitative estimate of drug-likeness (QED) is 0.121. The van der Waals surface area contributed by atoms with E-state index in [2.05, 4.69) is 32.1 Å². The van der Waals surface area contributed by atoms with Crippen molar-refractivity contribution in [1.29, 1.82) is 0 Å². The van der Waals surface area contributed by atoms with Crippen LogP contribution in [0.3, 0.4) is 0 Å². The zero-order valence-electron chi connectivity index (χ0n) is 31.2. The standard InChI is InChI=1S/C44H49ClF3NO6/c1-39-15-12-29(51)21-41(39)18-19-43(32(22-41)38(53)35-11-10-34(55-35)31-20-28(44(46,47)48)8-9-33(31)45)36(39)13-16-40(2)37(43)14-17-42(40,54)26-49(24-30(52)25-50)23-27-6-4-3-5-7-27/h3-11,18-20,22,29-30,36-37,50-52,54H,12-17,21,23-26H2,1-2H3/t29?,30-,36+,37+,39+,40-,41-,42+,43+/m0/s1. The first-order chi connectivity index (χ1) is 26.0. The SMILES string of the molecule is C[C@]12CC[C@H]3[C@]4(C=C[C@@]5(C=C4C(=O)c4ccc(-c6cc(C(F)(F)F)ccc6Cl)o4)CC(O)CC[C@]35C)[C@@H]1CC[C@@]2(O)CN(Cc1ccccc1)C[C@H](O)CO. The van der Waals surface area contributed by atoms with Crippen LogP contribution in [-0.4, -0.2) is 68.6 Å². The Morgan fingerprint density at radius 2 is 1.69 bits per heavy atom. The molecule has 3 fully saturated rings. The van der Waals surface area contributed by atoms with Crippen molar-refractivity contribution in [3.8, 4) is 11.3 Å². The van der Waals surface area contributed by atoms with Crippen LogP contribution in [0.15, 0.2) is 88.9 Å². The molecule has 0 aliphatic heterocycles. The summed E-state index contributed by atoms with van der Waals surface area (Å²) in [4.78, 5) is 17.1. The molecule has 2 aromatic carbocycles. The molecular weight excluding hydrogens is 731 g/mol. The Hall–Kier alpha value is -3.25. The number of benzene rings is 2. The lowest BCUT2D eigenvalue weighted by Gasteiger charge is -2.71. The second-order valence-corrected chi connectivity index (χ2v) is 17.9. The minimum atomic E-state index is -4.60. The molecule has 0 amide bonds. The molecule has 2 bridgehead atoms. The lowest BCUT2D eigenvalue weighted by Crippen LogP contribution is -2.67. The molecule has 0 saturated heterocycles. The van der Waals surface area contributed by atoms with E-state index >= 15 is 4.79 Å². The second-order valence-electron chi connectivity index (χ2n) is 17.5. The van der Waals surface area contributed by atoms with E-state index in [1.807, 2.05) is 35.2 Å². The van der Waals surface area contributed by atoms with E-state index in [9.17, 15) is 33.6 Å². The Labute approximate surface area is 324 Å². The average molecular weight is 780 g/mol. The maximum Gasteiger partial charge on any atom is 0.416 e. The summed E-state index contributed by atoms with van der Waals surface area (Å²) in [5, 5.41) is 44.4. The van der Waals surface area contributed by atoms with Crippen molar-refractivity contribution in [2.24, 2.45) is 33.5 Å². The van der Waals surface area contributed by atoms with Crippen LogP contribution in [0.5, 0.6) is 0 Å². The number of nitrogens with zero attached hydrogens (tertiary/aromatic N) is 1. The van der Waals surface area contributed by atoms with Gasteiger partial charge in [0, 0.05) is 47.0 Å². The molecule has 3 aromatic rings. The molecular formula is C44H49ClF3NO6. The van der Waals surface area contributed by atoms with E-state index in [4.69, 9.17) is 16.0 Å². The lowest BCUT2D eigenvalue weighted by molar-refractivity contribution is -0.177. The highest BCUT2D eigenvalue weighted by Crippen LogP contribution is 2.78. The summed E-state index contributed by atoms with van der Waals surface area (Å²) >= 11 is 6.37. The fraction of sp³-hybridized carbons (Fsp3) is 0.523. The van der Waals surface area contributed by atoms with Gasteiger partial charge in [-0.1, -0.05) is 74.0 Å². The summed E-state index contributed by atoms with van der Waals surface area (Å²) in [7, 11) is 0. The smallest absolute Gasteiger partial charge is 0.416 e. The van der Waals surface area contributed by atoms with Gasteiger partial charge in [-0.05, 0) is 98.1 Å². The van der Waals surface area contributed by atoms with Crippen molar-refractivity contribution in [1.82, 2.24) is 4.90 Å². The van der Waals surface area contributed by atoms with Crippen molar-refractivity contribution >= 4 is 17.4 Å². The summed E-state index contributed by atoms with van der Waals surface area (Å²) in [6.07, 6.45) is 4.81. The van der Waals surface area contributed by atoms with E-state index in [-0.39, 0.29) is 58.2 Å². The number of aliphatic hydroxyl groups excluding tert-OH is 3. The van der Waals surface area contributed by atoms with Gasteiger partial charge < -0.3 is 24.8 Å². The molecule has 4 N–H and O–H groups in total. The molecule has 9 atom stereocenters. The number of halogens is 4. The summed E-state index contributed by atoms with van der Waals surface area (Å²) in [6, 6.07) is 15.8. The highest BCUT2D eigenvalue weighted by Gasteiger charge is 2.74. The molecule has 1 unspecified atom stereocenters. The molecule has 294 valence electrons. The highest BCUT2D eigenvalue weighted by molar-refractivity contribution is 6.33. The predicted octanol–water partition coefficient (Wildman–Crippen LogP) is 8.25. The third kappa shape index (κ3) is 5.92. The topological polar surface area (TPSA) is 114 Å². The zero-order valence-corrected chi connectivity index (χ0v) is 31.9. The van der Waals surface area contributed by atoms with E-state index in [1.165, 1.54) is 18.2 Å². The van der Waals surface area contributed by atoms with Crippen molar-refractivity contribution in [3.63, 3.8) is 0 Å². The largest absolute Gasteiger partial charge is 0.453 e. The second kappa shape index (κ2) is 13.4. The lowest BCUT2D eigenvalue weighted by atomic mass is 9.32. The molecule has 9 rings (SSSR count). The number of alkyl halides is 3. The van der Waals surface area contributed by atoms with Gasteiger partial charge in [-0.3, -0.25) is 9.69 Å². The number of aliphatic hydroxyl groups is 4. The van der Waals surface area contributed by atoms with Gasteiger partial charge in [-0.25, -0.2) is 0 Å². The fourth-order valence-corrected chi connectivity index (χ4v) is 12.2. The summed E-state index contributed by atoms with van der Waals surface area (Å²) < 4.78 is 47.1. The van der Waals surface area contributed by atoms with Crippen LogP contribution >= 0.6 is 11.6 Å². The van der Waals surface area contributed by atoms with E-state index in [1.54, 1.807) is 0 Å². The summed E-state index contributed by atoms with van der Waals surface area (Å²) in [5.74, 6) is -0.460. The maximum atomic E-state index is 15.0.